The molecule has 29 saturated heterocycles. The number of rotatable bonds is 8. The summed E-state index contributed by atoms with van der Waals surface area (Å²) in [5.74, 6) is 2.33. The van der Waals surface area contributed by atoms with Gasteiger partial charge in [-0.3, -0.25) is 0 Å². The Hall–Kier alpha value is -0.600. The molecule has 512 valence electrons. The predicted octanol–water partition coefficient (Wildman–Crippen LogP) is 15.0. The molecule has 40 atom stereocenters. The van der Waals surface area contributed by atoms with Gasteiger partial charge in [0.2, 0.25) is 0 Å². The fraction of sp³-hybridized carbons (Fsp3) is 1.00. The summed E-state index contributed by atoms with van der Waals surface area (Å²) in [5.41, 5.74) is 0. The van der Waals surface area contributed by atoms with Crippen molar-refractivity contribution in [3.63, 3.8) is 0 Å². The lowest BCUT2D eigenvalue weighted by molar-refractivity contribution is -0.371. The summed E-state index contributed by atoms with van der Waals surface area (Å²) in [6, 6.07) is 0. The highest BCUT2D eigenvalue weighted by molar-refractivity contribution is 4.99. The lowest BCUT2D eigenvalue weighted by Crippen LogP contribution is -2.60. The molecule has 15 heteroatoms. The molecule has 29 aliphatic heterocycles. The van der Waals surface area contributed by atoms with Gasteiger partial charge in [-0.15, -0.1) is 0 Å². The van der Waals surface area contributed by atoms with Gasteiger partial charge < -0.3 is 71.1 Å². The Balaban J connectivity index is 0.975. The first kappa shape index (κ1) is 71.7. The fourth-order valence-electron chi connectivity index (χ4n) is 17.5. The number of ether oxygens (including phenoxy) is 15. The maximum Gasteiger partial charge on any atom is 0.161 e. The van der Waals surface area contributed by atoms with Crippen LogP contribution in [0.3, 0.4) is 0 Å². The third kappa shape index (κ3) is 14.1. The molecule has 29 heterocycles. The molecule has 0 N–H and O–H groups in total. The van der Waals surface area contributed by atoms with Crippen molar-refractivity contribution in [2.45, 2.75) is 366 Å². The van der Waals surface area contributed by atoms with Gasteiger partial charge in [-0.2, -0.15) is 0 Å². The average Bonchev–Trinajstić information content (AvgIpc) is 0.985. The van der Waals surface area contributed by atoms with Crippen molar-refractivity contribution in [3.8, 4) is 0 Å². The van der Waals surface area contributed by atoms with Crippen LogP contribution < -0.4 is 0 Å². The largest absolute Gasteiger partial charge is 0.372 e. The highest BCUT2D eigenvalue weighted by Crippen LogP contribution is 2.50. The molecular weight excluding hydrogens is 1120 g/mol. The van der Waals surface area contributed by atoms with Crippen molar-refractivity contribution in [3.05, 3.63) is 0 Å². The first-order chi connectivity index (χ1) is 41.9. The first-order valence-corrected chi connectivity index (χ1v) is 36.7. The van der Waals surface area contributed by atoms with Crippen LogP contribution >= 0.6 is 0 Å². The van der Waals surface area contributed by atoms with Crippen molar-refractivity contribution in [2.24, 2.45) is 101 Å². The van der Waals surface area contributed by atoms with Crippen LogP contribution in [-0.4, -0.2) is 142 Å². The van der Waals surface area contributed by atoms with Gasteiger partial charge in [0.05, 0.1) is 97.7 Å². The van der Waals surface area contributed by atoms with Crippen molar-refractivity contribution in [1.82, 2.24) is 0 Å². The van der Waals surface area contributed by atoms with Gasteiger partial charge in [0.25, 0.3) is 0 Å². The average molecular weight is 1250 g/mol. The smallest absolute Gasteiger partial charge is 0.161 e. The van der Waals surface area contributed by atoms with Gasteiger partial charge in [0.15, 0.2) is 44.0 Å². The van der Waals surface area contributed by atoms with Crippen LogP contribution in [0.5, 0.6) is 0 Å². The van der Waals surface area contributed by atoms with E-state index in [4.69, 9.17) is 71.1 Å². The summed E-state index contributed by atoms with van der Waals surface area (Å²) in [5, 5.41) is 0. The van der Waals surface area contributed by atoms with E-state index in [-0.39, 0.29) is 199 Å². The van der Waals surface area contributed by atoms with Crippen LogP contribution in [-0.2, 0) is 71.1 Å². The SMILES string of the molecule is CCC1CC2OC3C(CC)OC(OC4C(CC)OC(OC5C(CC)OC(OC6C(CC)OC(OC7C(CC)OC(OC8C(CC)OC(OC9C(CC)OC(OC1C(C)C2C)C(C)C9C)C(C)C8C)C(C)C7C)C(C)C6C)C(C)C5C)C(C)C4C)C(C)C3C. The zero-order valence-corrected chi connectivity index (χ0v) is 59.6. The molecule has 0 amide bonds. The van der Waals surface area contributed by atoms with Gasteiger partial charge in [-0.05, 0) is 111 Å². The second-order valence-electron chi connectivity index (χ2n) is 30.7. The molecular formula is C73H130O15. The van der Waals surface area contributed by atoms with Crippen LogP contribution in [0, 0.1) is 101 Å². The maximum absolute atomic E-state index is 7.45. The first-order valence-electron chi connectivity index (χ1n) is 36.7. The van der Waals surface area contributed by atoms with Gasteiger partial charge >= 0.3 is 0 Å². The van der Waals surface area contributed by atoms with Crippen LogP contribution in [0.15, 0.2) is 0 Å². The van der Waals surface area contributed by atoms with Gasteiger partial charge in [-0.1, -0.05) is 173 Å². The Morgan fingerprint density at radius 1 is 0.182 bits per heavy atom. The second kappa shape index (κ2) is 30.6. The normalized spacial score (nSPS) is 55.4. The predicted molar refractivity (Wildman–Crippen MR) is 340 cm³/mol. The molecule has 16 bridgehead atoms. The fourth-order valence-corrected chi connectivity index (χ4v) is 17.5. The van der Waals surface area contributed by atoms with Crippen molar-refractivity contribution in [1.29, 1.82) is 0 Å². The Labute approximate surface area is 535 Å². The summed E-state index contributed by atoms with van der Waals surface area (Å²) in [6.07, 6.45) is 2.50. The zero-order chi connectivity index (χ0) is 64.1. The van der Waals surface area contributed by atoms with Crippen LogP contribution in [0.4, 0.5) is 0 Å². The van der Waals surface area contributed by atoms with Crippen molar-refractivity contribution in [2.75, 3.05) is 0 Å². The third-order valence-electron chi connectivity index (χ3n) is 25.8. The quantitative estimate of drug-likeness (QED) is 0.228. The minimum absolute atomic E-state index is 0.0320. The van der Waals surface area contributed by atoms with Crippen LogP contribution in [0.1, 0.15) is 224 Å². The van der Waals surface area contributed by atoms with E-state index in [0.717, 1.165) is 57.8 Å². The lowest BCUT2D eigenvalue weighted by Gasteiger charge is -2.53. The van der Waals surface area contributed by atoms with E-state index >= 15 is 0 Å². The van der Waals surface area contributed by atoms with E-state index in [1.807, 2.05) is 0 Å². The van der Waals surface area contributed by atoms with Gasteiger partial charge in [-0.25, -0.2) is 0 Å². The Bertz CT molecular complexity index is 1670. The maximum atomic E-state index is 7.45. The third-order valence-corrected chi connectivity index (χ3v) is 25.8. The monoisotopic (exact) mass is 1250 g/mol. The molecule has 0 spiro atoms. The Morgan fingerprint density at radius 2 is 0.352 bits per heavy atom. The Kier molecular flexibility index (Phi) is 25.0. The van der Waals surface area contributed by atoms with E-state index in [9.17, 15) is 0 Å². The Morgan fingerprint density at radius 3 is 0.534 bits per heavy atom. The van der Waals surface area contributed by atoms with E-state index in [0.29, 0.717) is 5.92 Å². The summed E-state index contributed by atoms with van der Waals surface area (Å²) in [6.45, 7) is 54.6. The van der Waals surface area contributed by atoms with Crippen LogP contribution in [0.2, 0.25) is 0 Å². The van der Waals surface area contributed by atoms with Gasteiger partial charge in [0.1, 0.15) is 0 Å². The van der Waals surface area contributed by atoms with Crippen LogP contribution in [0.25, 0.3) is 0 Å². The highest BCUT2D eigenvalue weighted by atomic mass is 16.8. The summed E-state index contributed by atoms with van der Waals surface area (Å²) in [4.78, 5) is 0. The lowest BCUT2D eigenvalue weighted by atomic mass is 9.70. The van der Waals surface area contributed by atoms with E-state index in [1.54, 1.807) is 0 Å². The highest BCUT2D eigenvalue weighted by Gasteiger charge is 2.56. The molecule has 30 fully saturated rings. The minimum atomic E-state index is -0.426. The van der Waals surface area contributed by atoms with E-state index in [1.165, 1.54) is 0 Å². The molecule has 15 nitrogen and oxygen atoms in total. The molecule has 30 aliphatic rings. The van der Waals surface area contributed by atoms with Crippen molar-refractivity contribution < 1.29 is 71.1 Å². The molecule has 0 aromatic heterocycles. The molecule has 40 unspecified atom stereocenters. The molecule has 88 heavy (non-hydrogen) atoms. The topological polar surface area (TPSA) is 138 Å². The minimum Gasteiger partial charge on any atom is -0.372 e. The molecule has 0 radical (unpaired) electrons. The summed E-state index contributed by atoms with van der Waals surface area (Å²) < 4.78 is 108. The molecule has 1 aliphatic carbocycles. The molecule has 0 aromatic rings. The van der Waals surface area contributed by atoms with Crippen molar-refractivity contribution >= 4 is 0 Å². The molecule has 30 rings (SSSR count). The standard InChI is InChI=1S/C73H130O15/c1-25-50-33-58-34(9)35(10)59(50)82-67-44(19)37(12)61(52(27-3)76-67)84-69-46(21)39(14)63(54(29-5)78-69)86-71-48(23)41(16)65(56(31-7)80-71)88-73-49(24)42(17)66(57(32-8)81-73)87-72-47(22)40(15)64(55(30-6)79-72)85-70-45(20)38(13)62(53(28-4)77-70)83-68-43(18)36(11)60(74-58)51(26-2)75-68/h34-73H,25-33H2,1-24H3. The van der Waals surface area contributed by atoms with Gasteiger partial charge in [0, 0.05) is 41.4 Å². The molecule has 1 saturated carbocycles. The molecule has 0 aromatic carbocycles. The number of hydrogen-bond acceptors (Lipinski definition) is 15. The second-order valence-corrected chi connectivity index (χ2v) is 30.7. The summed E-state index contributed by atoms with van der Waals surface area (Å²) in [7, 11) is 0. The number of hydrogen-bond donors (Lipinski definition) is 0. The summed E-state index contributed by atoms with van der Waals surface area (Å²) >= 11 is 0. The zero-order valence-electron chi connectivity index (χ0n) is 59.6. The van der Waals surface area contributed by atoms with E-state index < -0.39 is 37.7 Å². The van der Waals surface area contributed by atoms with E-state index in [2.05, 4.69) is 166 Å².